The van der Waals surface area contributed by atoms with Gasteiger partial charge in [-0.25, -0.2) is 4.98 Å². The molecule has 0 atom stereocenters. The maximum absolute atomic E-state index is 12.3. The van der Waals surface area contributed by atoms with E-state index in [1.807, 2.05) is 60.0 Å². The minimum atomic E-state index is -0.172. The summed E-state index contributed by atoms with van der Waals surface area (Å²) in [5, 5.41) is 7.57. The largest absolute Gasteiger partial charge is 0.487 e. The predicted molar refractivity (Wildman–Crippen MR) is 112 cm³/mol. The molecular weight excluding hydrogens is 390 g/mol. The fourth-order valence-electron chi connectivity index (χ4n) is 2.51. The lowest BCUT2D eigenvalue weighted by Gasteiger charge is -2.07. The van der Waals surface area contributed by atoms with Gasteiger partial charge < -0.3 is 10.1 Å². The molecule has 7 heteroatoms. The summed E-state index contributed by atoms with van der Waals surface area (Å²) in [5.41, 5.74) is 2.32. The van der Waals surface area contributed by atoms with Crippen molar-refractivity contribution < 1.29 is 9.53 Å². The number of pyridine rings is 1. The van der Waals surface area contributed by atoms with E-state index in [4.69, 9.17) is 4.74 Å². The monoisotopic (exact) mass is 407 g/mol. The minimum absolute atomic E-state index is 0.172. The highest BCUT2D eigenvalue weighted by Gasteiger charge is 2.12. The lowest BCUT2D eigenvalue weighted by molar-refractivity contribution is 0.0946. The maximum atomic E-state index is 12.3. The predicted octanol–water partition coefficient (Wildman–Crippen LogP) is 4.78. The number of nitrogens with one attached hydrogen (secondary N) is 1. The number of ether oxygens (including phenoxy) is 1. The van der Waals surface area contributed by atoms with Gasteiger partial charge in [0, 0.05) is 18.1 Å². The number of hydrogen-bond donors (Lipinski definition) is 1. The van der Waals surface area contributed by atoms with Crippen LogP contribution in [0.1, 0.15) is 21.7 Å². The molecule has 1 N–H and O–H groups in total. The van der Waals surface area contributed by atoms with Crippen LogP contribution in [0, 0.1) is 0 Å². The van der Waals surface area contributed by atoms with E-state index in [1.165, 1.54) is 11.3 Å². The molecule has 4 aromatic rings. The zero-order valence-electron chi connectivity index (χ0n) is 14.9. The van der Waals surface area contributed by atoms with Crippen LogP contribution in [-0.4, -0.2) is 15.9 Å². The van der Waals surface area contributed by atoms with E-state index < -0.39 is 0 Å². The summed E-state index contributed by atoms with van der Waals surface area (Å²) in [6, 6.07) is 17.4. The van der Waals surface area contributed by atoms with E-state index in [-0.39, 0.29) is 5.91 Å². The molecule has 0 aliphatic rings. The normalized spacial score (nSPS) is 10.6. The maximum Gasteiger partial charge on any atom is 0.271 e. The van der Waals surface area contributed by atoms with Crippen molar-refractivity contribution in [2.24, 2.45) is 0 Å². The number of thiazole rings is 1. The van der Waals surface area contributed by atoms with Crippen molar-refractivity contribution in [1.29, 1.82) is 0 Å². The van der Waals surface area contributed by atoms with Crippen LogP contribution in [0.2, 0.25) is 0 Å². The third-order valence-electron chi connectivity index (χ3n) is 3.96. The van der Waals surface area contributed by atoms with E-state index >= 15 is 0 Å². The first-order chi connectivity index (χ1) is 13.8. The lowest BCUT2D eigenvalue weighted by Crippen LogP contribution is -2.23. The molecule has 1 amide bonds. The van der Waals surface area contributed by atoms with Gasteiger partial charge in [0.1, 0.15) is 23.1 Å². The summed E-state index contributed by atoms with van der Waals surface area (Å²) in [6.45, 7) is 0.860. The number of rotatable bonds is 7. The van der Waals surface area contributed by atoms with Crippen molar-refractivity contribution in [2.45, 2.75) is 13.2 Å². The van der Waals surface area contributed by atoms with Gasteiger partial charge in [-0.1, -0.05) is 24.3 Å². The van der Waals surface area contributed by atoms with E-state index in [1.54, 1.807) is 22.9 Å². The van der Waals surface area contributed by atoms with Crippen molar-refractivity contribution in [2.75, 3.05) is 0 Å². The third kappa shape index (κ3) is 4.62. The Labute approximate surface area is 170 Å². The molecule has 0 bridgehead atoms. The standard InChI is InChI=1S/C21H17N3O2S2/c25-20(18-14-28-21(24-18)19-5-3-11-27-19)23-12-15-6-8-17(9-7-15)26-13-16-4-1-2-10-22-16/h1-11,14H,12-13H2,(H,23,25). The van der Waals surface area contributed by atoms with Gasteiger partial charge in [-0.05, 0) is 41.3 Å². The van der Waals surface area contributed by atoms with Crippen LogP contribution in [0.5, 0.6) is 5.75 Å². The topological polar surface area (TPSA) is 64.1 Å². The van der Waals surface area contributed by atoms with E-state index in [9.17, 15) is 4.79 Å². The second-order valence-electron chi connectivity index (χ2n) is 5.95. The van der Waals surface area contributed by atoms with Crippen LogP contribution >= 0.6 is 22.7 Å². The zero-order chi connectivity index (χ0) is 19.2. The highest BCUT2D eigenvalue weighted by Crippen LogP contribution is 2.27. The van der Waals surface area contributed by atoms with Gasteiger partial charge in [0.05, 0.1) is 10.6 Å². The van der Waals surface area contributed by atoms with Crippen molar-refractivity contribution in [3.8, 4) is 15.6 Å². The van der Waals surface area contributed by atoms with Crippen LogP contribution in [0.15, 0.2) is 71.6 Å². The van der Waals surface area contributed by atoms with Gasteiger partial charge >= 0.3 is 0 Å². The van der Waals surface area contributed by atoms with Crippen LogP contribution in [-0.2, 0) is 13.2 Å². The molecule has 5 nitrogen and oxygen atoms in total. The Kier molecular flexibility index (Phi) is 5.75. The molecule has 0 fully saturated rings. The van der Waals surface area contributed by atoms with Crippen molar-refractivity contribution in [1.82, 2.24) is 15.3 Å². The van der Waals surface area contributed by atoms with Crippen molar-refractivity contribution in [3.05, 3.63) is 88.5 Å². The summed E-state index contributed by atoms with van der Waals surface area (Å²) in [6.07, 6.45) is 1.75. The fourth-order valence-corrected chi connectivity index (χ4v) is 4.12. The van der Waals surface area contributed by atoms with Crippen LogP contribution in [0.25, 0.3) is 9.88 Å². The summed E-state index contributed by atoms with van der Waals surface area (Å²) in [4.78, 5) is 22.1. The molecule has 0 saturated heterocycles. The van der Waals surface area contributed by atoms with Crippen molar-refractivity contribution in [3.63, 3.8) is 0 Å². The molecule has 1 aromatic carbocycles. The second-order valence-corrected chi connectivity index (χ2v) is 7.76. The molecule has 0 spiro atoms. The molecular formula is C21H17N3O2S2. The molecule has 3 heterocycles. The van der Waals surface area contributed by atoms with Gasteiger partial charge in [-0.3, -0.25) is 9.78 Å². The average molecular weight is 408 g/mol. The number of nitrogens with zero attached hydrogens (tertiary/aromatic N) is 2. The molecule has 4 rings (SSSR count). The van der Waals surface area contributed by atoms with Crippen molar-refractivity contribution >= 4 is 28.6 Å². The second kappa shape index (κ2) is 8.77. The first-order valence-corrected chi connectivity index (χ1v) is 10.4. The van der Waals surface area contributed by atoms with Crippen LogP contribution in [0.4, 0.5) is 0 Å². The molecule has 140 valence electrons. The Morgan fingerprint density at radius 1 is 1.04 bits per heavy atom. The van der Waals surface area contributed by atoms with Crippen LogP contribution in [0.3, 0.4) is 0 Å². The van der Waals surface area contributed by atoms with Gasteiger partial charge in [0.15, 0.2) is 0 Å². The molecule has 28 heavy (non-hydrogen) atoms. The molecule has 0 unspecified atom stereocenters. The van der Waals surface area contributed by atoms with E-state index in [0.29, 0.717) is 18.8 Å². The Morgan fingerprint density at radius 3 is 2.68 bits per heavy atom. The highest BCUT2D eigenvalue weighted by atomic mass is 32.1. The number of aromatic nitrogens is 2. The number of carbonyl (C=O) groups is 1. The quantitative estimate of drug-likeness (QED) is 0.479. The zero-order valence-corrected chi connectivity index (χ0v) is 16.5. The highest BCUT2D eigenvalue weighted by molar-refractivity contribution is 7.20. The Hall–Kier alpha value is -3.03. The van der Waals surface area contributed by atoms with Gasteiger partial charge in [-0.2, -0.15) is 0 Å². The SMILES string of the molecule is O=C(NCc1ccc(OCc2ccccn2)cc1)c1csc(-c2cccs2)n1. The molecule has 0 radical (unpaired) electrons. The molecule has 0 saturated carbocycles. The first-order valence-electron chi connectivity index (χ1n) is 8.67. The number of thiophene rings is 1. The first kappa shape index (κ1) is 18.3. The van der Waals surface area contributed by atoms with E-state index in [2.05, 4.69) is 15.3 Å². The third-order valence-corrected chi connectivity index (χ3v) is 5.84. The van der Waals surface area contributed by atoms with Crippen LogP contribution < -0.4 is 10.1 Å². The molecule has 0 aliphatic carbocycles. The number of carbonyl (C=O) groups excluding carboxylic acids is 1. The summed E-state index contributed by atoms with van der Waals surface area (Å²) < 4.78 is 5.72. The van der Waals surface area contributed by atoms with E-state index in [0.717, 1.165) is 26.9 Å². The summed E-state index contributed by atoms with van der Waals surface area (Å²) in [7, 11) is 0. The number of benzene rings is 1. The summed E-state index contributed by atoms with van der Waals surface area (Å²) >= 11 is 3.10. The average Bonchev–Trinajstić information content (AvgIpc) is 3.44. The van der Waals surface area contributed by atoms with Gasteiger partial charge in [0.25, 0.3) is 5.91 Å². The number of hydrogen-bond acceptors (Lipinski definition) is 6. The minimum Gasteiger partial charge on any atom is -0.487 e. The fraction of sp³-hybridized carbons (Fsp3) is 0.0952. The lowest BCUT2D eigenvalue weighted by atomic mass is 10.2. The Morgan fingerprint density at radius 2 is 1.93 bits per heavy atom. The van der Waals surface area contributed by atoms with Gasteiger partial charge in [0.2, 0.25) is 0 Å². The van der Waals surface area contributed by atoms with Gasteiger partial charge in [-0.15, -0.1) is 22.7 Å². The molecule has 0 aliphatic heterocycles. The Balaban J connectivity index is 1.29. The smallest absolute Gasteiger partial charge is 0.271 e. The number of amides is 1. The summed E-state index contributed by atoms with van der Waals surface area (Å²) in [5.74, 6) is 0.593. The molecule has 3 aromatic heterocycles. The Bertz CT molecular complexity index is 1030.